The highest BCUT2D eigenvalue weighted by molar-refractivity contribution is 5.88. The number of pyridine rings is 1. The van der Waals surface area contributed by atoms with Gasteiger partial charge in [0.05, 0.1) is 36.4 Å². The second-order valence-corrected chi connectivity index (χ2v) is 8.45. The molecular weight excluding hydrogens is 468 g/mol. The fourth-order valence-electron chi connectivity index (χ4n) is 3.85. The number of aromatic nitrogens is 4. The van der Waals surface area contributed by atoms with Gasteiger partial charge in [0.25, 0.3) is 0 Å². The quantitative estimate of drug-likeness (QED) is 0.301. The van der Waals surface area contributed by atoms with Crippen molar-refractivity contribution >= 4 is 5.97 Å². The lowest BCUT2D eigenvalue weighted by atomic mass is 10.1. The van der Waals surface area contributed by atoms with Gasteiger partial charge in [-0.1, -0.05) is 29.5 Å². The number of rotatable bonds is 8. The van der Waals surface area contributed by atoms with Crippen molar-refractivity contribution in [2.75, 3.05) is 7.11 Å². The van der Waals surface area contributed by atoms with Gasteiger partial charge >= 0.3 is 5.97 Å². The lowest BCUT2D eigenvalue weighted by Gasteiger charge is -2.10. The third-order valence-electron chi connectivity index (χ3n) is 5.97. The number of methoxy groups -OCH3 is 1. The molecule has 0 aliphatic heterocycles. The predicted octanol–water partition coefficient (Wildman–Crippen LogP) is 5.59. The Labute approximate surface area is 213 Å². The van der Waals surface area contributed by atoms with Crippen LogP contribution < -0.4 is 9.47 Å². The first-order valence-electron chi connectivity index (χ1n) is 11.6. The fraction of sp³-hybridized carbons (Fsp3) is 0.103. The van der Waals surface area contributed by atoms with E-state index in [9.17, 15) is 4.79 Å². The lowest BCUT2D eigenvalue weighted by molar-refractivity contribution is 0.0697. The van der Waals surface area contributed by atoms with Crippen LogP contribution in [0, 0.1) is 6.92 Å². The summed E-state index contributed by atoms with van der Waals surface area (Å²) in [6.45, 7) is 2.47. The van der Waals surface area contributed by atoms with Crippen molar-refractivity contribution in [2.45, 2.75) is 13.5 Å². The summed E-state index contributed by atoms with van der Waals surface area (Å²) in [6, 6.07) is 24.2. The van der Waals surface area contributed by atoms with E-state index in [0.717, 1.165) is 45.1 Å². The predicted molar refractivity (Wildman–Crippen MR) is 139 cm³/mol. The van der Waals surface area contributed by atoms with Crippen LogP contribution in [0.2, 0.25) is 0 Å². The minimum atomic E-state index is -0.965. The Hall–Kier alpha value is -4.98. The van der Waals surface area contributed by atoms with Crippen molar-refractivity contribution in [1.82, 2.24) is 20.0 Å². The highest BCUT2D eigenvalue weighted by Crippen LogP contribution is 2.25. The van der Waals surface area contributed by atoms with E-state index >= 15 is 0 Å². The summed E-state index contributed by atoms with van der Waals surface area (Å²) in [7, 11) is 1.65. The number of carboxylic acids is 1. The first-order valence-corrected chi connectivity index (χ1v) is 11.6. The number of ether oxygens (including phenoxy) is 2. The highest BCUT2D eigenvalue weighted by Gasteiger charge is 2.11. The van der Waals surface area contributed by atoms with Crippen molar-refractivity contribution in [2.24, 2.45) is 0 Å². The SMILES string of the molecule is COc1ccc(COc2ccc(-c3cc(C)c(-n4cc(-c5ccc(C(=O)O)cc5)nn4)cn3)cc2)cc1. The first-order chi connectivity index (χ1) is 18.0. The van der Waals surface area contributed by atoms with Crippen LogP contribution in [0.1, 0.15) is 21.5 Å². The zero-order valence-corrected chi connectivity index (χ0v) is 20.3. The summed E-state index contributed by atoms with van der Waals surface area (Å²) in [4.78, 5) is 15.7. The molecule has 0 aliphatic carbocycles. The summed E-state index contributed by atoms with van der Waals surface area (Å²) in [5.41, 5.74) is 6.33. The molecule has 2 heterocycles. The number of hydrogen-bond acceptors (Lipinski definition) is 6. The maximum absolute atomic E-state index is 11.1. The average molecular weight is 493 g/mol. The molecule has 0 radical (unpaired) electrons. The number of carboxylic acid groups (broad SMARTS) is 1. The smallest absolute Gasteiger partial charge is 0.335 e. The normalized spacial score (nSPS) is 10.8. The summed E-state index contributed by atoms with van der Waals surface area (Å²) in [6.07, 6.45) is 3.57. The fourth-order valence-corrected chi connectivity index (χ4v) is 3.85. The molecule has 0 unspecified atom stereocenters. The van der Waals surface area contributed by atoms with E-state index in [2.05, 4.69) is 15.3 Å². The van der Waals surface area contributed by atoms with Crippen LogP contribution in [0.3, 0.4) is 0 Å². The Balaban J connectivity index is 1.27. The molecule has 0 bridgehead atoms. The van der Waals surface area contributed by atoms with E-state index in [-0.39, 0.29) is 5.56 Å². The third-order valence-corrected chi connectivity index (χ3v) is 5.97. The van der Waals surface area contributed by atoms with Crippen LogP contribution in [0.15, 0.2) is 91.3 Å². The van der Waals surface area contributed by atoms with Gasteiger partial charge in [0.1, 0.15) is 23.8 Å². The maximum Gasteiger partial charge on any atom is 0.335 e. The summed E-state index contributed by atoms with van der Waals surface area (Å²) in [5.74, 6) is 0.630. The number of aryl methyl sites for hydroxylation is 1. The Morgan fingerprint density at radius 2 is 1.54 bits per heavy atom. The number of carbonyl (C=O) groups is 1. The molecule has 0 saturated heterocycles. The maximum atomic E-state index is 11.1. The highest BCUT2D eigenvalue weighted by atomic mass is 16.5. The summed E-state index contributed by atoms with van der Waals surface area (Å²) < 4.78 is 12.8. The molecular formula is C29H24N4O4. The minimum absolute atomic E-state index is 0.226. The molecule has 0 spiro atoms. The molecule has 0 fully saturated rings. The monoisotopic (exact) mass is 492 g/mol. The molecule has 0 saturated carbocycles. The van der Waals surface area contributed by atoms with Crippen LogP contribution in [-0.4, -0.2) is 38.2 Å². The van der Waals surface area contributed by atoms with E-state index in [0.29, 0.717) is 12.3 Å². The van der Waals surface area contributed by atoms with E-state index in [1.165, 1.54) is 0 Å². The molecule has 0 aliphatic rings. The molecule has 0 atom stereocenters. The van der Waals surface area contributed by atoms with E-state index < -0.39 is 5.97 Å². The van der Waals surface area contributed by atoms with Gasteiger partial charge in [0.2, 0.25) is 0 Å². The van der Waals surface area contributed by atoms with Gasteiger partial charge in [-0.25, -0.2) is 9.48 Å². The van der Waals surface area contributed by atoms with Crippen LogP contribution in [0.25, 0.3) is 28.2 Å². The van der Waals surface area contributed by atoms with Gasteiger partial charge in [-0.05, 0) is 72.6 Å². The van der Waals surface area contributed by atoms with Gasteiger partial charge in [-0.3, -0.25) is 4.98 Å². The second kappa shape index (κ2) is 10.3. The molecule has 8 nitrogen and oxygen atoms in total. The van der Waals surface area contributed by atoms with E-state index in [4.69, 9.17) is 14.6 Å². The van der Waals surface area contributed by atoms with Gasteiger partial charge in [0.15, 0.2) is 0 Å². The Morgan fingerprint density at radius 1 is 0.892 bits per heavy atom. The Kier molecular flexibility index (Phi) is 6.63. The van der Waals surface area contributed by atoms with Crippen LogP contribution in [0.5, 0.6) is 11.5 Å². The minimum Gasteiger partial charge on any atom is -0.497 e. The zero-order valence-electron chi connectivity index (χ0n) is 20.3. The number of benzene rings is 3. The molecule has 5 rings (SSSR count). The molecule has 2 aromatic heterocycles. The largest absolute Gasteiger partial charge is 0.497 e. The molecule has 184 valence electrons. The standard InChI is InChI=1S/C29H24N4O4/c1-19-15-26(21-9-13-25(14-10-21)37-18-20-3-11-24(36-2)12-4-20)30-16-28(19)33-17-27(31-32-33)22-5-7-23(8-6-22)29(34)35/h3-17H,18H2,1-2H3,(H,34,35). The second-order valence-electron chi connectivity index (χ2n) is 8.45. The molecule has 0 amide bonds. The van der Waals surface area contributed by atoms with Gasteiger partial charge in [-0.15, -0.1) is 5.10 Å². The van der Waals surface area contributed by atoms with E-state index in [1.807, 2.05) is 61.5 Å². The van der Waals surface area contributed by atoms with Gasteiger partial charge in [0, 0.05) is 11.1 Å². The topological polar surface area (TPSA) is 99.4 Å². The molecule has 8 heteroatoms. The van der Waals surface area contributed by atoms with Crippen molar-refractivity contribution in [3.8, 4) is 39.7 Å². The molecule has 37 heavy (non-hydrogen) atoms. The number of hydrogen-bond donors (Lipinski definition) is 1. The van der Waals surface area contributed by atoms with Gasteiger partial charge in [-0.2, -0.15) is 0 Å². The number of aromatic carboxylic acids is 1. The zero-order chi connectivity index (χ0) is 25.8. The summed E-state index contributed by atoms with van der Waals surface area (Å²) in [5, 5.41) is 17.6. The lowest BCUT2D eigenvalue weighted by Crippen LogP contribution is -2.00. The van der Waals surface area contributed by atoms with Crippen molar-refractivity contribution in [3.05, 3.63) is 108 Å². The summed E-state index contributed by atoms with van der Waals surface area (Å²) >= 11 is 0. The van der Waals surface area contributed by atoms with Crippen LogP contribution in [0.4, 0.5) is 0 Å². The van der Waals surface area contributed by atoms with Crippen molar-refractivity contribution in [1.29, 1.82) is 0 Å². The Morgan fingerprint density at radius 3 is 2.19 bits per heavy atom. The first kappa shape index (κ1) is 23.7. The number of nitrogens with zero attached hydrogens (tertiary/aromatic N) is 4. The van der Waals surface area contributed by atoms with Crippen molar-refractivity contribution in [3.63, 3.8) is 0 Å². The molecule has 1 N–H and O–H groups in total. The average Bonchev–Trinajstić information content (AvgIpc) is 3.42. The Bertz CT molecular complexity index is 1530. The third kappa shape index (κ3) is 5.33. The van der Waals surface area contributed by atoms with Gasteiger partial charge < -0.3 is 14.6 Å². The van der Waals surface area contributed by atoms with E-state index in [1.54, 1.807) is 48.5 Å². The van der Waals surface area contributed by atoms with Crippen molar-refractivity contribution < 1.29 is 19.4 Å². The molecule has 3 aromatic carbocycles. The van der Waals surface area contributed by atoms with Crippen LogP contribution in [-0.2, 0) is 6.61 Å². The molecule has 5 aromatic rings. The van der Waals surface area contributed by atoms with Crippen LogP contribution >= 0.6 is 0 Å².